The van der Waals surface area contributed by atoms with Gasteiger partial charge in [0.2, 0.25) is 5.91 Å². The number of aliphatic hydroxyl groups is 1. The quantitative estimate of drug-likeness (QED) is 0.632. The monoisotopic (exact) mass is 447 g/mol. The van der Waals surface area contributed by atoms with Crippen LogP contribution in [0, 0.1) is 5.92 Å². The number of hydrogen-bond donors (Lipinski definition) is 2. The third-order valence-electron chi connectivity index (χ3n) is 6.09. The topological polar surface area (TPSA) is 72.9 Å². The van der Waals surface area contributed by atoms with Crippen molar-refractivity contribution in [1.29, 1.82) is 0 Å². The summed E-state index contributed by atoms with van der Waals surface area (Å²) in [6.45, 7) is 2.94. The van der Waals surface area contributed by atoms with Crippen molar-refractivity contribution >= 4 is 11.8 Å². The van der Waals surface area contributed by atoms with Gasteiger partial charge in [0.15, 0.2) is 0 Å². The number of allylic oxidation sites excluding steroid dienone is 2. The Morgan fingerprint density at radius 3 is 2.52 bits per heavy atom. The normalized spacial score (nSPS) is 26.3. The van der Waals surface area contributed by atoms with Gasteiger partial charge in [-0.1, -0.05) is 0 Å². The van der Waals surface area contributed by atoms with Crippen LogP contribution in [0.5, 0.6) is 0 Å². The number of β-amino-alcohol motifs (C(OH)–C–C–N with tert-alkyl or cyclic N) is 1. The van der Waals surface area contributed by atoms with Crippen molar-refractivity contribution in [3.05, 3.63) is 23.3 Å². The van der Waals surface area contributed by atoms with Gasteiger partial charge >= 0.3 is 6.18 Å². The van der Waals surface area contributed by atoms with E-state index in [0.29, 0.717) is 38.6 Å². The first-order valence-corrected chi connectivity index (χ1v) is 10.7. The van der Waals surface area contributed by atoms with Gasteiger partial charge in [-0.25, -0.2) is 4.39 Å². The maximum Gasteiger partial charge on any atom is 0.412 e. The molecule has 2 unspecified atom stereocenters. The second-order valence-electron chi connectivity index (χ2n) is 8.57. The number of rotatable bonds is 5. The molecule has 0 aromatic carbocycles. The van der Waals surface area contributed by atoms with Gasteiger partial charge in [0.1, 0.15) is 6.17 Å². The van der Waals surface area contributed by atoms with E-state index < -0.39 is 30.2 Å². The minimum absolute atomic E-state index is 0.0164. The molecule has 6 nitrogen and oxygen atoms in total. The lowest BCUT2D eigenvalue weighted by Gasteiger charge is -2.35. The SMILES string of the molecule is O=C(NCC1CCN(C(=O)CN2CCCC(O)C2)CC1)C1=CC(F)CC(C(F)(F)F)=C1. The fourth-order valence-electron chi connectivity index (χ4n) is 4.29. The molecular formula is C21H29F4N3O3. The standard InChI is InChI=1S/C21H29F4N3O3/c22-17-9-15(8-16(10-17)21(23,24)25)20(31)26-11-14-3-6-28(7-4-14)19(30)13-27-5-1-2-18(29)12-27/h8-9,14,17-18,29H,1-7,10-13H2,(H,26,31). The molecule has 3 aliphatic rings. The van der Waals surface area contributed by atoms with Gasteiger partial charge in [-0.3, -0.25) is 14.5 Å². The average Bonchev–Trinajstić information content (AvgIpc) is 2.71. The van der Waals surface area contributed by atoms with Crippen LogP contribution in [0.4, 0.5) is 17.6 Å². The van der Waals surface area contributed by atoms with E-state index in [9.17, 15) is 32.3 Å². The van der Waals surface area contributed by atoms with E-state index in [2.05, 4.69) is 5.32 Å². The van der Waals surface area contributed by atoms with Crippen LogP contribution in [0.15, 0.2) is 23.3 Å². The van der Waals surface area contributed by atoms with Crippen LogP contribution in [0.3, 0.4) is 0 Å². The van der Waals surface area contributed by atoms with Crippen molar-refractivity contribution in [2.45, 2.75) is 50.6 Å². The molecule has 0 aromatic heterocycles. The van der Waals surface area contributed by atoms with Gasteiger partial charge in [-0.2, -0.15) is 13.2 Å². The van der Waals surface area contributed by atoms with Gasteiger partial charge in [0.05, 0.1) is 12.6 Å². The molecule has 0 saturated carbocycles. The number of carbonyl (C=O) groups is 2. The number of aliphatic hydroxyl groups excluding tert-OH is 1. The lowest BCUT2D eigenvalue weighted by Crippen LogP contribution is -2.48. The average molecular weight is 447 g/mol. The Morgan fingerprint density at radius 1 is 1.16 bits per heavy atom. The summed E-state index contributed by atoms with van der Waals surface area (Å²) in [5, 5.41) is 12.3. The largest absolute Gasteiger partial charge is 0.412 e. The first kappa shape index (κ1) is 23.7. The second-order valence-corrected chi connectivity index (χ2v) is 8.57. The number of halogens is 4. The van der Waals surface area contributed by atoms with E-state index in [1.54, 1.807) is 4.90 Å². The smallest absolute Gasteiger partial charge is 0.392 e. The molecule has 10 heteroatoms. The van der Waals surface area contributed by atoms with Crippen molar-refractivity contribution in [3.63, 3.8) is 0 Å². The Balaban J connectivity index is 1.42. The summed E-state index contributed by atoms with van der Waals surface area (Å²) in [6.07, 6.45) is -3.05. The van der Waals surface area contributed by atoms with Gasteiger partial charge in [0.25, 0.3) is 5.91 Å². The third kappa shape index (κ3) is 6.77. The number of likely N-dealkylation sites (tertiary alicyclic amines) is 2. The molecule has 2 N–H and O–H groups in total. The Bertz CT molecular complexity index is 730. The molecule has 0 radical (unpaired) electrons. The van der Waals surface area contributed by atoms with Gasteiger partial charge in [-0.15, -0.1) is 0 Å². The number of nitrogens with zero attached hydrogens (tertiary/aromatic N) is 2. The van der Waals surface area contributed by atoms with Crippen molar-refractivity contribution in [2.24, 2.45) is 5.92 Å². The predicted octanol–water partition coefficient (Wildman–Crippen LogP) is 1.95. The summed E-state index contributed by atoms with van der Waals surface area (Å²) in [7, 11) is 0. The molecule has 0 bridgehead atoms. The molecule has 2 atom stereocenters. The summed E-state index contributed by atoms with van der Waals surface area (Å²) < 4.78 is 52.2. The number of carbonyl (C=O) groups excluding carboxylic acids is 2. The van der Waals surface area contributed by atoms with Gasteiger partial charge < -0.3 is 15.3 Å². The summed E-state index contributed by atoms with van der Waals surface area (Å²) >= 11 is 0. The summed E-state index contributed by atoms with van der Waals surface area (Å²) in [5.41, 5.74) is -1.34. The lowest BCUT2D eigenvalue weighted by atomic mass is 9.95. The number of amides is 2. The van der Waals surface area contributed by atoms with Crippen LogP contribution in [0.1, 0.15) is 32.1 Å². The number of alkyl halides is 4. The Labute approximate surface area is 178 Å². The molecule has 1 aliphatic carbocycles. The van der Waals surface area contributed by atoms with Crippen molar-refractivity contribution in [2.75, 3.05) is 39.3 Å². The van der Waals surface area contributed by atoms with Gasteiger partial charge in [-0.05, 0) is 50.3 Å². The lowest BCUT2D eigenvalue weighted by molar-refractivity contribution is -0.134. The molecular weight excluding hydrogens is 418 g/mol. The first-order valence-electron chi connectivity index (χ1n) is 10.7. The zero-order valence-electron chi connectivity index (χ0n) is 17.3. The second kappa shape index (κ2) is 10.1. The number of nitrogens with one attached hydrogen (secondary N) is 1. The zero-order valence-corrected chi connectivity index (χ0v) is 17.3. The summed E-state index contributed by atoms with van der Waals surface area (Å²) in [4.78, 5) is 28.4. The Kier molecular flexibility index (Phi) is 7.74. The van der Waals surface area contributed by atoms with E-state index in [4.69, 9.17) is 0 Å². The molecule has 0 spiro atoms. The highest BCUT2D eigenvalue weighted by molar-refractivity contribution is 5.96. The maximum atomic E-state index is 13.6. The van der Waals surface area contributed by atoms with Crippen LogP contribution in [0.25, 0.3) is 0 Å². The fraction of sp³-hybridized carbons (Fsp3) is 0.714. The number of hydrogen-bond acceptors (Lipinski definition) is 4. The molecule has 174 valence electrons. The maximum absolute atomic E-state index is 13.6. The van der Waals surface area contributed by atoms with E-state index >= 15 is 0 Å². The van der Waals surface area contributed by atoms with Crippen LogP contribution >= 0.6 is 0 Å². The Hall–Kier alpha value is -1.94. The highest BCUT2D eigenvalue weighted by Gasteiger charge is 2.37. The minimum Gasteiger partial charge on any atom is -0.392 e. The highest BCUT2D eigenvalue weighted by atomic mass is 19.4. The molecule has 2 fully saturated rings. The number of piperidine rings is 2. The predicted molar refractivity (Wildman–Crippen MR) is 106 cm³/mol. The molecule has 2 aliphatic heterocycles. The van der Waals surface area contributed by atoms with Crippen LogP contribution < -0.4 is 5.32 Å². The third-order valence-corrected chi connectivity index (χ3v) is 6.09. The molecule has 2 heterocycles. The van der Waals surface area contributed by atoms with E-state index in [0.717, 1.165) is 25.5 Å². The minimum atomic E-state index is -4.66. The molecule has 2 saturated heterocycles. The molecule has 0 aromatic rings. The summed E-state index contributed by atoms with van der Waals surface area (Å²) in [5.74, 6) is -0.602. The highest BCUT2D eigenvalue weighted by Crippen LogP contribution is 2.34. The summed E-state index contributed by atoms with van der Waals surface area (Å²) in [6, 6.07) is 0. The van der Waals surface area contributed by atoms with Crippen molar-refractivity contribution in [3.8, 4) is 0 Å². The molecule has 2 amide bonds. The van der Waals surface area contributed by atoms with Crippen LogP contribution in [0.2, 0.25) is 0 Å². The van der Waals surface area contributed by atoms with E-state index in [1.807, 2.05) is 4.90 Å². The zero-order chi connectivity index (χ0) is 22.6. The van der Waals surface area contributed by atoms with E-state index in [-0.39, 0.29) is 36.6 Å². The fourth-order valence-corrected chi connectivity index (χ4v) is 4.29. The van der Waals surface area contributed by atoms with Crippen LogP contribution in [-0.4, -0.2) is 84.4 Å². The van der Waals surface area contributed by atoms with Crippen molar-refractivity contribution in [1.82, 2.24) is 15.1 Å². The van der Waals surface area contributed by atoms with E-state index in [1.165, 1.54) is 0 Å². The van der Waals surface area contributed by atoms with Gasteiger partial charge in [0, 0.05) is 43.7 Å². The molecule has 31 heavy (non-hydrogen) atoms. The first-order chi connectivity index (χ1) is 14.6. The molecule has 3 rings (SSSR count). The Morgan fingerprint density at radius 2 is 1.87 bits per heavy atom. The van der Waals surface area contributed by atoms with Crippen LogP contribution in [-0.2, 0) is 9.59 Å². The van der Waals surface area contributed by atoms with Crippen molar-refractivity contribution < 1.29 is 32.3 Å².